The van der Waals surface area contributed by atoms with Crippen molar-refractivity contribution in [1.29, 1.82) is 0 Å². The van der Waals surface area contributed by atoms with E-state index in [9.17, 15) is 14.4 Å². The maximum atomic E-state index is 13.1. The Labute approximate surface area is 202 Å². The molecule has 1 aliphatic carbocycles. The third kappa shape index (κ3) is 5.12. The molecule has 0 aromatic carbocycles. The Balaban J connectivity index is 1.31. The monoisotopic (exact) mass is 473 g/mol. The number of aromatic nitrogens is 2. The molecule has 188 valence electrons. The van der Waals surface area contributed by atoms with Gasteiger partial charge in [-0.3, -0.25) is 19.1 Å². The standard InChI is InChI=1S/C24H39N7O3/c1-4-29-12-14-30(15-13-29)11-7-10-25-21(32)19-16-20-22(33)28(3)24(2,17-31(20)27-19)23(34)26-18-8-5-6-9-18/h16,18H,4-15,17H2,1-3H3,(H,25,32)(H,26,34)/t24-/m1/s1. The Kier molecular flexibility index (Phi) is 7.57. The molecule has 1 saturated heterocycles. The average Bonchev–Trinajstić information content (AvgIpc) is 3.50. The van der Waals surface area contributed by atoms with E-state index in [1.54, 1.807) is 14.0 Å². The lowest BCUT2D eigenvalue weighted by atomic mass is 9.95. The summed E-state index contributed by atoms with van der Waals surface area (Å²) >= 11 is 0. The fourth-order valence-corrected chi connectivity index (χ4v) is 5.17. The Morgan fingerprint density at radius 2 is 1.82 bits per heavy atom. The van der Waals surface area contributed by atoms with Gasteiger partial charge in [-0.1, -0.05) is 19.8 Å². The molecule has 0 spiro atoms. The summed E-state index contributed by atoms with van der Waals surface area (Å²) in [5.74, 6) is -0.750. The van der Waals surface area contributed by atoms with Crippen molar-refractivity contribution >= 4 is 17.7 Å². The fourth-order valence-electron chi connectivity index (χ4n) is 5.17. The zero-order valence-corrected chi connectivity index (χ0v) is 20.8. The third-order valence-corrected chi connectivity index (χ3v) is 7.76. The van der Waals surface area contributed by atoms with Crippen molar-refractivity contribution in [3.05, 3.63) is 17.5 Å². The van der Waals surface area contributed by atoms with E-state index in [0.29, 0.717) is 12.2 Å². The van der Waals surface area contributed by atoms with Crippen LogP contribution in [0.4, 0.5) is 0 Å². The van der Waals surface area contributed by atoms with E-state index in [-0.39, 0.29) is 36.0 Å². The quantitative estimate of drug-likeness (QED) is 0.535. The van der Waals surface area contributed by atoms with E-state index in [1.165, 1.54) is 15.6 Å². The normalized spacial score (nSPS) is 24.3. The average molecular weight is 474 g/mol. The van der Waals surface area contributed by atoms with E-state index in [4.69, 9.17) is 0 Å². The van der Waals surface area contributed by atoms with Crippen molar-refractivity contribution in [2.75, 3.05) is 52.9 Å². The van der Waals surface area contributed by atoms with Crippen LogP contribution in [-0.4, -0.2) is 107 Å². The number of fused-ring (bicyclic) bond motifs is 1. The van der Waals surface area contributed by atoms with E-state index in [0.717, 1.165) is 71.4 Å². The van der Waals surface area contributed by atoms with Gasteiger partial charge in [-0.15, -0.1) is 0 Å². The summed E-state index contributed by atoms with van der Waals surface area (Å²) in [7, 11) is 1.65. The number of likely N-dealkylation sites (N-methyl/N-ethyl adjacent to an activating group) is 2. The second kappa shape index (κ2) is 10.4. The fraction of sp³-hybridized carbons (Fsp3) is 0.750. The van der Waals surface area contributed by atoms with Gasteiger partial charge in [0, 0.05) is 51.9 Å². The summed E-state index contributed by atoms with van der Waals surface area (Å²) in [5.41, 5.74) is -0.491. The molecule has 10 nitrogen and oxygen atoms in total. The van der Waals surface area contributed by atoms with Crippen LogP contribution in [0.5, 0.6) is 0 Å². The molecule has 10 heteroatoms. The van der Waals surface area contributed by atoms with Crippen LogP contribution in [0.2, 0.25) is 0 Å². The molecule has 3 amide bonds. The third-order valence-electron chi connectivity index (χ3n) is 7.76. The zero-order chi connectivity index (χ0) is 24.3. The number of hydrogen-bond acceptors (Lipinski definition) is 6. The van der Waals surface area contributed by atoms with Crippen LogP contribution in [-0.2, 0) is 11.3 Å². The smallest absolute Gasteiger partial charge is 0.272 e. The summed E-state index contributed by atoms with van der Waals surface area (Å²) in [4.78, 5) is 45.2. The highest BCUT2D eigenvalue weighted by Gasteiger charge is 2.46. The van der Waals surface area contributed by atoms with Crippen molar-refractivity contribution in [2.24, 2.45) is 0 Å². The maximum absolute atomic E-state index is 13.1. The zero-order valence-electron chi connectivity index (χ0n) is 20.8. The van der Waals surface area contributed by atoms with Crippen LogP contribution in [0.25, 0.3) is 0 Å². The number of hydrogen-bond donors (Lipinski definition) is 2. The molecule has 0 radical (unpaired) electrons. The summed E-state index contributed by atoms with van der Waals surface area (Å²) in [6.07, 6.45) is 5.06. The van der Waals surface area contributed by atoms with Crippen molar-refractivity contribution in [3.8, 4) is 0 Å². The molecule has 1 atom stereocenters. The molecule has 3 aliphatic rings. The Morgan fingerprint density at radius 3 is 2.50 bits per heavy atom. The first-order chi connectivity index (χ1) is 16.3. The molecule has 2 fully saturated rings. The first-order valence-electron chi connectivity index (χ1n) is 12.7. The molecule has 0 unspecified atom stereocenters. The van der Waals surface area contributed by atoms with Crippen LogP contribution in [0.15, 0.2) is 6.07 Å². The topological polar surface area (TPSA) is 103 Å². The number of piperazine rings is 1. The summed E-state index contributed by atoms with van der Waals surface area (Å²) in [6, 6.07) is 1.70. The second-order valence-corrected chi connectivity index (χ2v) is 10.1. The molecule has 2 N–H and O–H groups in total. The molecular weight excluding hydrogens is 434 g/mol. The lowest BCUT2D eigenvalue weighted by Gasteiger charge is -2.41. The molecule has 3 heterocycles. The van der Waals surface area contributed by atoms with Gasteiger partial charge in [0.1, 0.15) is 11.2 Å². The molecule has 1 saturated carbocycles. The number of carbonyl (C=O) groups excluding carboxylic acids is 3. The van der Waals surface area contributed by atoms with Gasteiger partial charge in [0.25, 0.3) is 11.8 Å². The Morgan fingerprint density at radius 1 is 1.15 bits per heavy atom. The van der Waals surface area contributed by atoms with Gasteiger partial charge in [0.15, 0.2) is 5.69 Å². The van der Waals surface area contributed by atoms with Gasteiger partial charge in [-0.25, -0.2) is 0 Å². The van der Waals surface area contributed by atoms with E-state index in [2.05, 4.69) is 32.5 Å². The summed E-state index contributed by atoms with van der Waals surface area (Å²) < 4.78 is 1.51. The van der Waals surface area contributed by atoms with E-state index >= 15 is 0 Å². The second-order valence-electron chi connectivity index (χ2n) is 10.1. The molecule has 34 heavy (non-hydrogen) atoms. The first-order valence-corrected chi connectivity index (χ1v) is 12.7. The lowest BCUT2D eigenvalue weighted by molar-refractivity contribution is -0.133. The Bertz CT molecular complexity index is 902. The highest BCUT2D eigenvalue weighted by atomic mass is 16.2. The van der Waals surface area contributed by atoms with Gasteiger partial charge in [-0.2, -0.15) is 5.10 Å². The van der Waals surface area contributed by atoms with E-state index < -0.39 is 5.54 Å². The minimum atomic E-state index is -1.05. The van der Waals surface area contributed by atoms with Gasteiger partial charge in [0.05, 0.1) is 6.54 Å². The minimum absolute atomic E-state index is 0.165. The van der Waals surface area contributed by atoms with Crippen molar-refractivity contribution < 1.29 is 14.4 Å². The molecule has 1 aromatic heterocycles. The SMILES string of the molecule is CCN1CCN(CCCNC(=O)c2cc3n(n2)C[C@](C)(C(=O)NC2CCCC2)N(C)C3=O)CC1. The maximum Gasteiger partial charge on any atom is 0.272 e. The first kappa shape index (κ1) is 24.7. The van der Waals surface area contributed by atoms with Crippen LogP contribution in [0.1, 0.15) is 66.9 Å². The molecule has 1 aromatic rings. The van der Waals surface area contributed by atoms with Crippen molar-refractivity contribution in [2.45, 2.75) is 64.1 Å². The molecular formula is C24H39N7O3. The van der Waals surface area contributed by atoms with Crippen LogP contribution < -0.4 is 10.6 Å². The molecule has 4 rings (SSSR count). The minimum Gasteiger partial charge on any atom is -0.351 e. The van der Waals surface area contributed by atoms with E-state index in [1.807, 2.05) is 0 Å². The number of nitrogens with one attached hydrogen (secondary N) is 2. The molecule has 2 aliphatic heterocycles. The Hall–Kier alpha value is -2.46. The molecule has 0 bridgehead atoms. The van der Waals surface area contributed by atoms with Gasteiger partial charge in [-0.05, 0) is 39.3 Å². The lowest BCUT2D eigenvalue weighted by Crippen LogP contribution is -2.63. The highest BCUT2D eigenvalue weighted by Crippen LogP contribution is 2.27. The van der Waals surface area contributed by atoms with Gasteiger partial charge >= 0.3 is 0 Å². The summed E-state index contributed by atoms with van der Waals surface area (Å²) in [5, 5.41) is 10.4. The number of amides is 3. The van der Waals surface area contributed by atoms with Gasteiger partial charge in [0.2, 0.25) is 5.91 Å². The number of rotatable bonds is 8. The summed E-state index contributed by atoms with van der Waals surface area (Å²) in [6.45, 7) is 11.1. The predicted octanol–water partition coefficient (Wildman–Crippen LogP) is 0.544. The number of carbonyl (C=O) groups is 3. The highest BCUT2D eigenvalue weighted by molar-refractivity contribution is 6.01. The van der Waals surface area contributed by atoms with Crippen molar-refractivity contribution in [3.63, 3.8) is 0 Å². The van der Waals surface area contributed by atoms with Crippen LogP contribution >= 0.6 is 0 Å². The van der Waals surface area contributed by atoms with Crippen LogP contribution in [0.3, 0.4) is 0 Å². The van der Waals surface area contributed by atoms with Crippen molar-refractivity contribution in [1.82, 2.24) is 35.1 Å². The number of nitrogens with zero attached hydrogens (tertiary/aromatic N) is 5. The predicted molar refractivity (Wildman–Crippen MR) is 129 cm³/mol. The largest absolute Gasteiger partial charge is 0.351 e. The van der Waals surface area contributed by atoms with Gasteiger partial charge < -0.3 is 25.3 Å². The van der Waals surface area contributed by atoms with Crippen LogP contribution in [0, 0.1) is 0 Å².